The summed E-state index contributed by atoms with van der Waals surface area (Å²) in [6.45, 7) is 2.07. The molecule has 2 aromatic rings. The second-order valence-corrected chi connectivity index (χ2v) is 4.42. The molecule has 0 fully saturated rings. The Morgan fingerprint density at radius 3 is 2.45 bits per heavy atom. The number of carbonyl (C=O) groups is 1. The van der Waals surface area contributed by atoms with Crippen LogP contribution in [0, 0.1) is 5.82 Å². The first kappa shape index (κ1) is 14.1. The minimum Gasteiger partial charge on any atom is -0.385 e. The van der Waals surface area contributed by atoms with Crippen LogP contribution in [0.2, 0.25) is 0 Å². The van der Waals surface area contributed by atoms with E-state index >= 15 is 0 Å². The monoisotopic (exact) mass is 272 g/mol. The zero-order valence-corrected chi connectivity index (χ0v) is 11.5. The highest BCUT2D eigenvalue weighted by molar-refractivity contribution is 6.08. The molecule has 1 amide bonds. The fourth-order valence-corrected chi connectivity index (χ4v) is 1.99. The normalized spacial score (nSPS) is 10.2. The van der Waals surface area contributed by atoms with Gasteiger partial charge in [-0.2, -0.15) is 0 Å². The van der Waals surface area contributed by atoms with Crippen molar-refractivity contribution < 1.29 is 9.18 Å². The molecule has 0 aromatic heterocycles. The van der Waals surface area contributed by atoms with Crippen molar-refractivity contribution in [3.63, 3.8) is 0 Å². The summed E-state index contributed by atoms with van der Waals surface area (Å²) in [5.41, 5.74) is 2.38. The Labute approximate surface area is 117 Å². The van der Waals surface area contributed by atoms with E-state index in [0.717, 1.165) is 6.42 Å². The van der Waals surface area contributed by atoms with Crippen LogP contribution in [0.1, 0.15) is 22.8 Å². The van der Waals surface area contributed by atoms with Gasteiger partial charge in [0.05, 0.1) is 11.3 Å². The van der Waals surface area contributed by atoms with E-state index in [1.165, 1.54) is 17.7 Å². The van der Waals surface area contributed by atoms with Gasteiger partial charge in [-0.1, -0.05) is 25.1 Å². The first-order valence-corrected chi connectivity index (χ1v) is 6.52. The highest BCUT2D eigenvalue weighted by Gasteiger charge is 2.14. The van der Waals surface area contributed by atoms with Gasteiger partial charge in [0.1, 0.15) is 5.82 Å². The van der Waals surface area contributed by atoms with Gasteiger partial charge in [-0.15, -0.1) is 0 Å². The van der Waals surface area contributed by atoms with Gasteiger partial charge in [-0.25, -0.2) is 4.39 Å². The summed E-state index contributed by atoms with van der Waals surface area (Å²) in [5, 5.41) is 5.48. The van der Waals surface area contributed by atoms with E-state index in [1.807, 2.05) is 24.3 Å². The minimum atomic E-state index is -0.443. The maximum absolute atomic E-state index is 13.6. The lowest BCUT2D eigenvalue weighted by molar-refractivity contribution is 0.102. The molecule has 2 N–H and O–H groups in total. The maximum atomic E-state index is 13.6. The molecular formula is C16H17FN2O. The predicted octanol–water partition coefficient (Wildman–Crippen LogP) is 3.68. The molecule has 2 rings (SSSR count). The van der Waals surface area contributed by atoms with Crippen molar-refractivity contribution in [2.75, 3.05) is 17.7 Å². The molecular weight excluding hydrogens is 255 g/mol. The lowest BCUT2D eigenvalue weighted by Crippen LogP contribution is -2.14. The zero-order chi connectivity index (χ0) is 14.5. The summed E-state index contributed by atoms with van der Waals surface area (Å²) in [4.78, 5) is 12.2. The topological polar surface area (TPSA) is 41.1 Å². The molecule has 0 unspecified atom stereocenters. The van der Waals surface area contributed by atoms with Crippen LogP contribution in [0.3, 0.4) is 0 Å². The van der Waals surface area contributed by atoms with E-state index in [-0.39, 0.29) is 17.2 Å². The van der Waals surface area contributed by atoms with E-state index in [9.17, 15) is 9.18 Å². The molecule has 104 valence electrons. The predicted molar refractivity (Wildman–Crippen MR) is 79.7 cm³/mol. The lowest BCUT2D eigenvalue weighted by atomic mass is 10.1. The van der Waals surface area contributed by atoms with Gasteiger partial charge < -0.3 is 10.6 Å². The fourth-order valence-electron chi connectivity index (χ4n) is 1.99. The SMILES string of the molecule is CCc1ccc(NC(=O)c2cccc(F)c2NC)cc1. The van der Waals surface area contributed by atoms with Crippen molar-refractivity contribution >= 4 is 17.3 Å². The Morgan fingerprint density at radius 1 is 1.15 bits per heavy atom. The third-order valence-corrected chi connectivity index (χ3v) is 3.13. The van der Waals surface area contributed by atoms with Crippen molar-refractivity contribution in [3.05, 3.63) is 59.4 Å². The first-order chi connectivity index (χ1) is 9.65. The summed E-state index contributed by atoms with van der Waals surface area (Å²) < 4.78 is 13.6. The Balaban J connectivity index is 2.21. The lowest BCUT2D eigenvalue weighted by Gasteiger charge is -2.11. The molecule has 0 bridgehead atoms. The summed E-state index contributed by atoms with van der Waals surface area (Å²) in [6.07, 6.45) is 0.946. The number of halogens is 1. The number of amides is 1. The van der Waals surface area contributed by atoms with Gasteiger partial charge in [-0.3, -0.25) is 4.79 Å². The highest BCUT2D eigenvalue weighted by atomic mass is 19.1. The number of hydrogen-bond acceptors (Lipinski definition) is 2. The van der Waals surface area contributed by atoms with Gasteiger partial charge in [0.2, 0.25) is 0 Å². The second-order valence-electron chi connectivity index (χ2n) is 4.42. The van der Waals surface area contributed by atoms with E-state index in [4.69, 9.17) is 0 Å². The van der Waals surface area contributed by atoms with Crippen molar-refractivity contribution in [2.45, 2.75) is 13.3 Å². The molecule has 3 nitrogen and oxygen atoms in total. The van der Waals surface area contributed by atoms with E-state index in [2.05, 4.69) is 17.6 Å². The molecule has 4 heteroatoms. The smallest absolute Gasteiger partial charge is 0.257 e. The van der Waals surface area contributed by atoms with Gasteiger partial charge in [-0.05, 0) is 36.2 Å². The molecule has 0 saturated carbocycles. The molecule has 0 aliphatic rings. The molecule has 0 aliphatic carbocycles. The average molecular weight is 272 g/mol. The Kier molecular flexibility index (Phi) is 4.35. The van der Waals surface area contributed by atoms with Crippen LogP contribution < -0.4 is 10.6 Å². The van der Waals surface area contributed by atoms with Crippen molar-refractivity contribution in [3.8, 4) is 0 Å². The first-order valence-electron chi connectivity index (χ1n) is 6.52. The van der Waals surface area contributed by atoms with Crippen molar-refractivity contribution in [1.82, 2.24) is 0 Å². The molecule has 0 heterocycles. The summed E-state index contributed by atoms with van der Waals surface area (Å²) in [7, 11) is 1.59. The van der Waals surface area contributed by atoms with Crippen LogP contribution in [0.15, 0.2) is 42.5 Å². The van der Waals surface area contributed by atoms with Crippen molar-refractivity contribution in [1.29, 1.82) is 0 Å². The Morgan fingerprint density at radius 2 is 1.85 bits per heavy atom. The largest absolute Gasteiger partial charge is 0.385 e. The zero-order valence-electron chi connectivity index (χ0n) is 11.5. The van der Waals surface area contributed by atoms with E-state index < -0.39 is 5.82 Å². The number of nitrogens with one attached hydrogen (secondary N) is 2. The fraction of sp³-hybridized carbons (Fsp3) is 0.188. The Hall–Kier alpha value is -2.36. The van der Waals surface area contributed by atoms with Gasteiger partial charge in [0, 0.05) is 12.7 Å². The molecule has 20 heavy (non-hydrogen) atoms. The molecule has 0 saturated heterocycles. The summed E-state index contributed by atoms with van der Waals surface area (Å²) >= 11 is 0. The summed E-state index contributed by atoms with van der Waals surface area (Å²) in [6, 6.07) is 12.0. The number of benzene rings is 2. The average Bonchev–Trinajstić information content (AvgIpc) is 2.47. The van der Waals surface area contributed by atoms with Crippen LogP contribution >= 0.6 is 0 Å². The number of carbonyl (C=O) groups excluding carboxylic acids is 1. The minimum absolute atomic E-state index is 0.204. The van der Waals surface area contributed by atoms with Crippen LogP contribution in [0.25, 0.3) is 0 Å². The van der Waals surface area contributed by atoms with Crippen LogP contribution in [-0.4, -0.2) is 13.0 Å². The van der Waals surface area contributed by atoms with E-state index in [1.54, 1.807) is 13.1 Å². The number of hydrogen-bond donors (Lipinski definition) is 2. The number of para-hydroxylation sites is 1. The summed E-state index contributed by atoms with van der Waals surface area (Å²) in [5.74, 6) is -0.778. The maximum Gasteiger partial charge on any atom is 0.257 e. The molecule has 2 aromatic carbocycles. The highest BCUT2D eigenvalue weighted by Crippen LogP contribution is 2.20. The standard InChI is InChI=1S/C16H17FN2O/c1-3-11-7-9-12(10-8-11)19-16(20)13-5-4-6-14(17)15(13)18-2/h4-10,18H,3H2,1-2H3,(H,19,20). The molecule has 0 radical (unpaired) electrons. The van der Waals surface area contributed by atoms with E-state index in [0.29, 0.717) is 5.69 Å². The van der Waals surface area contributed by atoms with Crippen LogP contribution in [-0.2, 0) is 6.42 Å². The second kappa shape index (κ2) is 6.19. The number of anilines is 2. The van der Waals surface area contributed by atoms with Gasteiger partial charge >= 0.3 is 0 Å². The number of aryl methyl sites for hydroxylation is 1. The molecule has 0 spiro atoms. The Bertz CT molecular complexity index is 608. The quantitative estimate of drug-likeness (QED) is 0.891. The molecule has 0 aliphatic heterocycles. The van der Waals surface area contributed by atoms with Gasteiger partial charge in [0.25, 0.3) is 5.91 Å². The van der Waals surface area contributed by atoms with Crippen LogP contribution in [0.4, 0.5) is 15.8 Å². The molecule has 0 atom stereocenters. The van der Waals surface area contributed by atoms with Gasteiger partial charge in [0.15, 0.2) is 0 Å². The van der Waals surface area contributed by atoms with Crippen molar-refractivity contribution in [2.24, 2.45) is 0 Å². The van der Waals surface area contributed by atoms with Crippen LogP contribution in [0.5, 0.6) is 0 Å². The third kappa shape index (κ3) is 2.96. The number of rotatable bonds is 4. The third-order valence-electron chi connectivity index (χ3n) is 3.13.